The molecule has 2 aliphatic carbocycles. The fourth-order valence-corrected chi connectivity index (χ4v) is 5.34. The molecule has 2 saturated carbocycles. The van der Waals surface area contributed by atoms with Gasteiger partial charge in [-0.05, 0) is 41.3 Å². The molecular weight excluding hydrogens is 439 g/mol. The maximum atomic E-state index is 9.48. The highest BCUT2D eigenvalue weighted by atomic mass is 35.5. The van der Waals surface area contributed by atoms with Crippen LogP contribution in [0.25, 0.3) is 10.5 Å². The van der Waals surface area contributed by atoms with Crippen LogP contribution < -0.4 is 0 Å². The number of hydrogen-bond acceptors (Lipinski definition) is 2. The lowest BCUT2D eigenvalue weighted by Gasteiger charge is -2.20. The maximum Gasteiger partial charge on any atom is 0.488 e. The summed E-state index contributed by atoms with van der Waals surface area (Å²) < 4.78 is 0. The Bertz CT molecular complexity index is 867. The highest BCUT2D eigenvalue weighted by Crippen LogP contribution is 2.29. The first-order chi connectivity index (χ1) is 16.6. The van der Waals surface area contributed by atoms with Crippen LogP contribution >= 0.6 is 11.6 Å². The zero-order valence-corrected chi connectivity index (χ0v) is 21.2. The van der Waals surface area contributed by atoms with Crippen LogP contribution in [0.2, 0.25) is 0 Å². The summed E-state index contributed by atoms with van der Waals surface area (Å²) in [6.45, 7) is 0. The van der Waals surface area contributed by atoms with Crippen molar-refractivity contribution in [3.8, 4) is 0 Å². The van der Waals surface area contributed by atoms with Crippen molar-refractivity contribution in [2.24, 2.45) is 11.8 Å². The van der Waals surface area contributed by atoms with Crippen molar-refractivity contribution in [2.75, 3.05) is 0 Å². The van der Waals surface area contributed by atoms with E-state index >= 15 is 0 Å². The van der Waals surface area contributed by atoms with Gasteiger partial charge in [-0.15, -0.1) is 0 Å². The molecular formula is C30H40BClO2. The lowest BCUT2D eigenvalue weighted by molar-refractivity contribution is 0.361. The second kappa shape index (κ2) is 15.2. The second-order valence-corrected chi connectivity index (χ2v) is 10.2. The fourth-order valence-electron chi connectivity index (χ4n) is 5.13. The molecule has 0 heterocycles. The molecule has 2 fully saturated rings. The van der Waals surface area contributed by atoms with Crippen molar-refractivity contribution >= 4 is 29.2 Å². The van der Waals surface area contributed by atoms with Crippen molar-refractivity contribution in [1.82, 2.24) is 0 Å². The molecule has 34 heavy (non-hydrogen) atoms. The molecule has 2 N–H and O–H groups in total. The topological polar surface area (TPSA) is 40.5 Å². The van der Waals surface area contributed by atoms with E-state index in [1.165, 1.54) is 64.2 Å². The zero-order chi connectivity index (χ0) is 24.0. The maximum absolute atomic E-state index is 9.48. The minimum atomic E-state index is -1.38. The minimum absolute atomic E-state index is 0.640. The summed E-state index contributed by atoms with van der Waals surface area (Å²) in [4.78, 5) is 0. The lowest BCUT2D eigenvalue weighted by atomic mass is 9.73. The van der Waals surface area contributed by atoms with Crippen molar-refractivity contribution in [2.45, 2.75) is 77.0 Å². The van der Waals surface area contributed by atoms with Gasteiger partial charge >= 0.3 is 7.12 Å². The van der Waals surface area contributed by atoms with Crippen LogP contribution in [0.4, 0.5) is 0 Å². The van der Waals surface area contributed by atoms with Crippen LogP contribution in [0.3, 0.4) is 0 Å². The van der Waals surface area contributed by atoms with Gasteiger partial charge in [0.25, 0.3) is 0 Å². The van der Waals surface area contributed by atoms with Crippen molar-refractivity contribution in [3.63, 3.8) is 0 Å². The van der Waals surface area contributed by atoms with Gasteiger partial charge in [-0.1, -0.05) is 149 Å². The summed E-state index contributed by atoms with van der Waals surface area (Å²) in [5, 5.41) is 19.9. The van der Waals surface area contributed by atoms with Crippen LogP contribution in [0.1, 0.15) is 88.2 Å². The van der Waals surface area contributed by atoms with Crippen LogP contribution in [0, 0.1) is 11.8 Å². The normalized spacial score (nSPS) is 18.2. The minimum Gasteiger partial charge on any atom is -0.423 e. The number of hydrogen-bond donors (Lipinski definition) is 2. The monoisotopic (exact) mass is 478 g/mol. The average Bonchev–Trinajstić information content (AvgIpc) is 2.90. The third kappa shape index (κ3) is 9.45. The van der Waals surface area contributed by atoms with E-state index in [1.54, 1.807) is 0 Å². The summed E-state index contributed by atoms with van der Waals surface area (Å²) in [7, 11) is -1.38. The van der Waals surface area contributed by atoms with Gasteiger partial charge in [-0.2, -0.15) is 0 Å². The van der Waals surface area contributed by atoms with Crippen LogP contribution in [0.15, 0.2) is 72.8 Å². The number of rotatable bonds is 7. The van der Waals surface area contributed by atoms with E-state index in [4.69, 9.17) is 11.6 Å². The predicted octanol–water partition coefficient (Wildman–Crippen LogP) is 8.29. The highest BCUT2D eigenvalue weighted by molar-refractivity contribution is 6.65. The van der Waals surface area contributed by atoms with Gasteiger partial charge in [0.15, 0.2) is 0 Å². The molecule has 0 atom stereocenters. The zero-order valence-electron chi connectivity index (χ0n) is 20.4. The molecule has 0 spiro atoms. The molecule has 2 aliphatic rings. The van der Waals surface area contributed by atoms with E-state index in [0.717, 1.165) is 40.8 Å². The molecule has 0 bridgehead atoms. The van der Waals surface area contributed by atoms with E-state index in [1.807, 2.05) is 54.6 Å². The van der Waals surface area contributed by atoms with Gasteiger partial charge in [0, 0.05) is 5.03 Å². The molecule has 4 rings (SSSR count). The molecule has 2 nitrogen and oxygen atoms in total. The SMILES string of the molecule is ClC(=CCC1CCCCC1)c1ccccc1.OB(O)C(=CCC1CCCCC1)c1ccccc1. The van der Waals surface area contributed by atoms with Crippen molar-refractivity contribution in [3.05, 3.63) is 83.9 Å². The van der Waals surface area contributed by atoms with Crippen LogP contribution in [-0.4, -0.2) is 17.2 Å². The van der Waals surface area contributed by atoms with Crippen LogP contribution in [0.5, 0.6) is 0 Å². The molecule has 0 radical (unpaired) electrons. The first-order valence-corrected chi connectivity index (χ1v) is 13.5. The van der Waals surface area contributed by atoms with Gasteiger partial charge in [0.1, 0.15) is 0 Å². The Hall–Kier alpha value is -1.81. The smallest absolute Gasteiger partial charge is 0.423 e. The Balaban J connectivity index is 0.000000192. The molecule has 0 saturated heterocycles. The summed E-state index contributed by atoms with van der Waals surface area (Å²) in [5.41, 5.74) is 2.68. The Morgan fingerprint density at radius 1 is 0.676 bits per heavy atom. The predicted molar refractivity (Wildman–Crippen MR) is 147 cm³/mol. The van der Waals surface area contributed by atoms with Gasteiger partial charge in [0.2, 0.25) is 0 Å². The molecule has 0 unspecified atom stereocenters. The molecule has 2 aromatic rings. The number of allylic oxidation sites excluding steroid dienone is 2. The Kier molecular flexibility index (Phi) is 12.0. The Morgan fingerprint density at radius 2 is 1.12 bits per heavy atom. The molecule has 0 amide bonds. The third-order valence-electron chi connectivity index (χ3n) is 7.19. The summed E-state index contributed by atoms with van der Waals surface area (Å²) in [6.07, 6.45) is 19.9. The first-order valence-electron chi connectivity index (χ1n) is 13.2. The summed E-state index contributed by atoms with van der Waals surface area (Å²) in [6, 6.07) is 19.9. The molecule has 182 valence electrons. The summed E-state index contributed by atoms with van der Waals surface area (Å²) >= 11 is 6.29. The Labute approximate surface area is 211 Å². The highest BCUT2D eigenvalue weighted by Gasteiger charge is 2.18. The summed E-state index contributed by atoms with van der Waals surface area (Å²) in [5.74, 6) is 1.59. The molecule has 0 aromatic heterocycles. The molecule has 4 heteroatoms. The van der Waals surface area contributed by atoms with Gasteiger partial charge in [-0.25, -0.2) is 0 Å². The number of halogens is 1. The quantitative estimate of drug-likeness (QED) is 0.393. The van der Waals surface area contributed by atoms with E-state index < -0.39 is 7.12 Å². The third-order valence-corrected chi connectivity index (χ3v) is 7.56. The van der Waals surface area contributed by atoms with Crippen LogP contribution in [-0.2, 0) is 0 Å². The van der Waals surface area contributed by atoms with E-state index in [0.29, 0.717) is 5.47 Å². The van der Waals surface area contributed by atoms with E-state index in [-0.39, 0.29) is 0 Å². The largest absolute Gasteiger partial charge is 0.488 e. The molecule has 0 aliphatic heterocycles. The van der Waals surface area contributed by atoms with Gasteiger partial charge in [0.05, 0.1) is 0 Å². The average molecular weight is 479 g/mol. The standard InChI is InChI=1S/C15H21BO2.C15H19Cl/c17-16(18)15(14-9-5-2-6-10-14)12-11-13-7-3-1-4-8-13;16-15(14-9-5-2-6-10-14)12-11-13-7-3-1-4-8-13/h2,5-6,9-10,12-13,17-18H,1,3-4,7-8,11H2;2,5-6,9-10,12-13H,1,3-4,7-8,11H2. The van der Waals surface area contributed by atoms with Crippen molar-refractivity contribution < 1.29 is 10.0 Å². The number of benzene rings is 2. The second-order valence-electron chi connectivity index (χ2n) is 9.80. The molecule has 2 aromatic carbocycles. The first kappa shape index (κ1) is 26.8. The van der Waals surface area contributed by atoms with Gasteiger partial charge < -0.3 is 10.0 Å². The van der Waals surface area contributed by atoms with E-state index in [9.17, 15) is 10.0 Å². The van der Waals surface area contributed by atoms with Crippen molar-refractivity contribution in [1.29, 1.82) is 0 Å². The fraction of sp³-hybridized carbons (Fsp3) is 0.467. The lowest BCUT2D eigenvalue weighted by Crippen LogP contribution is -2.15. The Morgan fingerprint density at radius 3 is 1.59 bits per heavy atom. The van der Waals surface area contributed by atoms with Gasteiger partial charge in [-0.3, -0.25) is 0 Å². The van der Waals surface area contributed by atoms with E-state index in [2.05, 4.69) is 18.2 Å².